The van der Waals surface area contributed by atoms with Crippen LogP contribution in [0.2, 0.25) is 0 Å². The summed E-state index contributed by atoms with van der Waals surface area (Å²) in [7, 11) is -8.87. The molecule has 0 aliphatic carbocycles. The maximum absolute atomic E-state index is 12.5. The van der Waals surface area contributed by atoms with Gasteiger partial charge in [0.2, 0.25) is 5.69 Å². The van der Waals surface area contributed by atoms with Crippen LogP contribution in [0.25, 0.3) is 21.5 Å². The predicted octanol–water partition coefficient (Wildman–Crippen LogP) is 14.1. The van der Waals surface area contributed by atoms with E-state index in [0.29, 0.717) is 10.8 Å². The van der Waals surface area contributed by atoms with E-state index in [0.717, 1.165) is 94.1 Å². The van der Waals surface area contributed by atoms with Crippen molar-refractivity contribution in [1.82, 2.24) is 0 Å². The molecule has 63 heavy (non-hydrogen) atoms. The van der Waals surface area contributed by atoms with Crippen molar-refractivity contribution < 1.29 is 30.5 Å². The van der Waals surface area contributed by atoms with E-state index < -0.39 is 31.1 Å². The van der Waals surface area contributed by atoms with Gasteiger partial charge >= 0.3 is 0 Å². The van der Waals surface area contributed by atoms with Crippen LogP contribution >= 0.6 is 31.9 Å². The van der Waals surface area contributed by atoms with Gasteiger partial charge in [-0.3, -0.25) is 9.11 Å². The van der Waals surface area contributed by atoms with Gasteiger partial charge in [0.15, 0.2) is 5.71 Å². The molecule has 0 saturated heterocycles. The summed E-state index contributed by atoms with van der Waals surface area (Å²) >= 11 is 7.08. The number of fused-ring (bicyclic) bond motifs is 6. The maximum Gasteiger partial charge on any atom is 0.295 e. The lowest BCUT2D eigenvalue weighted by Gasteiger charge is -2.27. The molecule has 4 aromatic rings. The second-order valence-corrected chi connectivity index (χ2v) is 22.8. The minimum absolute atomic E-state index is 0.0836. The highest BCUT2D eigenvalue weighted by atomic mass is 79.9. The maximum atomic E-state index is 12.5. The van der Waals surface area contributed by atoms with Crippen molar-refractivity contribution in [2.45, 2.75) is 151 Å². The number of unbranched alkanes of at least 4 members (excludes halogenated alkanes) is 14. The van der Waals surface area contributed by atoms with Gasteiger partial charge in [0.25, 0.3) is 20.2 Å². The van der Waals surface area contributed by atoms with Gasteiger partial charge in [0.1, 0.15) is 16.3 Å². The van der Waals surface area contributed by atoms with E-state index >= 15 is 0 Å². The molecule has 2 aliphatic rings. The number of allylic oxidation sites excluding steroid dienone is 4. The summed E-state index contributed by atoms with van der Waals surface area (Å²) in [6.07, 6.45) is 25.8. The van der Waals surface area contributed by atoms with Crippen LogP contribution in [0.4, 0.5) is 11.4 Å². The molecule has 0 saturated carbocycles. The highest BCUT2D eigenvalue weighted by molar-refractivity contribution is 9.09. The highest BCUT2D eigenvalue weighted by Crippen LogP contribution is 2.52. The Morgan fingerprint density at radius 2 is 1.05 bits per heavy atom. The Hall–Kier alpha value is -2.87. The molecular weight excluding hydrogens is 961 g/mol. The smallest absolute Gasteiger partial charge is 0.295 e. The van der Waals surface area contributed by atoms with Gasteiger partial charge in [0.05, 0.1) is 5.41 Å². The van der Waals surface area contributed by atoms with Crippen molar-refractivity contribution in [3.05, 3.63) is 95.7 Å². The number of nitrogens with zero attached hydrogens (tertiary/aromatic N) is 2. The second kappa shape index (κ2) is 21.6. The fraction of sp³-hybridized carbons (Fsp3) is 0.510. The largest absolute Gasteiger partial charge is 0.344 e. The van der Waals surface area contributed by atoms with E-state index in [-0.39, 0.29) is 9.79 Å². The third-order valence-corrected chi connectivity index (χ3v) is 16.2. The zero-order valence-corrected chi connectivity index (χ0v) is 42.4. The van der Waals surface area contributed by atoms with Crippen molar-refractivity contribution in [3.63, 3.8) is 0 Å². The average Bonchev–Trinajstić information content (AvgIpc) is 3.59. The Morgan fingerprint density at radius 1 is 0.571 bits per heavy atom. The van der Waals surface area contributed by atoms with Crippen molar-refractivity contribution in [2.75, 3.05) is 28.6 Å². The van der Waals surface area contributed by atoms with E-state index in [9.17, 15) is 25.9 Å². The Morgan fingerprint density at radius 3 is 1.57 bits per heavy atom. The summed E-state index contributed by atoms with van der Waals surface area (Å²) in [5.41, 5.74) is 5.45. The molecule has 0 atom stereocenters. The molecule has 0 spiro atoms. The predicted molar refractivity (Wildman–Crippen MR) is 269 cm³/mol. The summed E-state index contributed by atoms with van der Waals surface area (Å²) in [6, 6.07) is 18.0. The number of hydrogen-bond acceptors (Lipinski definition) is 5. The van der Waals surface area contributed by atoms with E-state index in [1.165, 1.54) is 89.2 Å². The third kappa shape index (κ3) is 11.2. The Balaban J connectivity index is 1.36. The lowest BCUT2D eigenvalue weighted by atomic mass is 9.79. The summed E-state index contributed by atoms with van der Waals surface area (Å²) < 4.78 is 72.9. The van der Waals surface area contributed by atoms with Gasteiger partial charge in [-0.25, -0.2) is 0 Å². The van der Waals surface area contributed by atoms with Crippen LogP contribution in [0.15, 0.2) is 94.4 Å². The van der Waals surface area contributed by atoms with E-state index in [2.05, 4.69) is 87.3 Å². The van der Waals surface area contributed by atoms with Gasteiger partial charge in [-0.2, -0.15) is 21.4 Å². The van der Waals surface area contributed by atoms with Crippen LogP contribution in [0.3, 0.4) is 0 Å². The van der Waals surface area contributed by atoms with Crippen molar-refractivity contribution in [2.24, 2.45) is 0 Å². The Labute approximate surface area is 394 Å². The van der Waals surface area contributed by atoms with Gasteiger partial charge in [-0.15, -0.1) is 0 Å². The Kier molecular flexibility index (Phi) is 17.0. The molecular formula is C51H67Br2N2O6S2+. The van der Waals surface area contributed by atoms with Crippen LogP contribution in [-0.4, -0.2) is 60.0 Å². The number of benzene rings is 4. The van der Waals surface area contributed by atoms with Crippen molar-refractivity contribution >= 4 is 90.7 Å². The lowest BCUT2D eigenvalue weighted by Crippen LogP contribution is -2.28. The number of alkyl halides is 2. The quantitative estimate of drug-likeness (QED) is 0.0311. The molecule has 0 aromatic heterocycles. The first-order valence-corrected chi connectivity index (χ1v) is 28.2. The Bertz CT molecular complexity index is 2580. The fourth-order valence-corrected chi connectivity index (χ4v) is 12.4. The van der Waals surface area contributed by atoms with Crippen molar-refractivity contribution in [3.8, 4) is 0 Å². The van der Waals surface area contributed by atoms with E-state index in [1.807, 2.05) is 36.4 Å². The number of hydrogen-bond donors (Lipinski definition) is 2. The molecule has 0 unspecified atom stereocenters. The first kappa shape index (κ1) is 49.6. The minimum atomic E-state index is -4.44. The zero-order valence-electron chi connectivity index (χ0n) is 37.6. The minimum Gasteiger partial charge on any atom is -0.344 e. The topological polar surface area (TPSA) is 115 Å². The normalized spacial score (nSPS) is 16.6. The third-order valence-electron chi connectivity index (χ3n) is 13.3. The standard InChI is InChI=1S/C51H66Br2N2O6S2/c1-50(2)46(54(36-19-15-11-7-5-9-13-17-34-52)42-32-30-38-40(48(42)50)24-21-26-44(38)62(56,57)58)28-23-29-47-51(3,4)49-41-25-22-27-45(63(59,60)61)39(41)31-33-43(49)55(47)37-20-16-12-8-6-10-14-18-35-53/h21-33H,5-20,34-37H2,1-4H3,(H-,56,57,58,59,60,61)/p+1. The van der Waals surface area contributed by atoms with Gasteiger partial charge in [-0.05, 0) is 86.2 Å². The van der Waals surface area contributed by atoms with Gasteiger partial charge < -0.3 is 4.90 Å². The zero-order chi connectivity index (χ0) is 45.4. The fourth-order valence-electron chi connectivity index (χ4n) is 10.2. The van der Waals surface area contributed by atoms with E-state index in [1.54, 1.807) is 12.1 Å². The number of anilines is 1. The second-order valence-electron chi connectivity index (χ2n) is 18.5. The summed E-state index contributed by atoms with van der Waals surface area (Å²) in [5.74, 6) is 0. The van der Waals surface area contributed by atoms with Crippen LogP contribution in [0.5, 0.6) is 0 Å². The van der Waals surface area contributed by atoms with Gasteiger partial charge in [-0.1, -0.05) is 153 Å². The number of rotatable bonds is 24. The lowest BCUT2D eigenvalue weighted by molar-refractivity contribution is -0.438. The molecule has 0 radical (unpaired) electrons. The van der Waals surface area contributed by atoms with Gasteiger partial charge in [0, 0.05) is 68.9 Å². The van der Waals surface area contributed by atoms with Crippen LogP contribution < -0.4 is 4.90 Å². The first-order valence-electron chi connectivity index (χ1n) is 23.1. The molecule has 0 amide bonds. The molecule has 6 rings (SSSR count). The summed E-state index contributed by atoms with van der Waals surface area (Å²) in [5, 5.41) is 4.79. The average molecular weight is 1030 g/mol. The molecule has 4 aromatic carbocycles. The molecule has 342 valence electrons. The molecule has 2 heterocycles. The summed E-state index contributed by atoms with van der Waals surface area (Å²) in [4.78, 5) is 2.25. The molecule has 12 heteroatoms. The molecule has 8 nitrogen and oxygen atoms in total. The van der Waals surface area contributed by atoms with Crippen LogP contribution in [-0.2, 0) is 31.1 Å². The molecule has 0 bridgehead atoms. The number of halogens is 2. The summed E-state index contributed by atoms with van der Waals surface area (Å²) in [6.45, 7) is 10.4. The van der Waals surface area contributed by atoms with Crippen LogP contribution in [0.1, 0.15) is 142 Å². The SMILES string of the molecule is CC1(C)C(/C=C/C=C2\N(CCCCCCCCCCBr)c3ccc4c(S(=O)(=O)O)cccc4c3C2(C)C)=[N+](CCCCCCCCCCBr)c2ccc3c(S(=O)(=O)O)cccc3c21. The monoisotopic (exact) mass is 1030 g/mol. The van der Waals surface area contributed by atoms with Crippen molar-refractivity contribution in [1.29, 1.82) is 0 Å². The van der Waals surface area contributed by atoms with E-state index in [4.69, 9.17) is 0 Å². The first-order chi connectivity index (χ1) is 30.0. The highest BCUT2D eigenvalue weighted by Gasteiger charge is 2.46. The van der Waals surface area contributed by atoms with Crippen LogP contribution in [0, 0.1) is 0 Å². The molecule has 0 fully saturated rings. The molecule has 2 N–H and O–H groups in total. The molecule has 2 aliphatic heterocycles.